The molecule has 0 aromatic rings. The Morgan fingerprint density at radius 2 is 0.475 bits per heavy atom. The highest BCUT2D eigenvalue weighted by molar-refractivity contribution is 7.47. The van der Waals surface area contributed by atoms with Crippen LogP contribution in [0.1, 0.15) is 421 Å². The van der Waals surface area contributed by atoms with E-state index in [1.54, 1.807) is 0 Å². The summed E-state index contributed by atoms with van der Waals surface area (Å²) in [7, 11) is -9.92. The Hall–Kier alpha value is -1.94. The van der Waals surface area contributed by atoms with Gasteiger partial charge in [-0.05, 0) is 49.4 Å². The number of aliphatic hydroxyl groups is 1. The average molecular weight is 1480 g/mol. The lowest BCUT2D eigenvalue weighted by Crippen LogP contribution is -2.30. The van der Waals surface area contributed by atoms with Crippen molar-refractivity contribution in [3.63, 3.8) is 0 Å². The molecule has 0 aliphatic rings. The van der Waals surface area contributed by atoms with Gasteiger partial charge in [-0.15, -0.1) is 0 Å². The molecule has 101 heavy (non-hydrogen) atoms. The van der Waals surface area contributed by atoms with Crippen LogP contribution >= 0.6 is 15.6 Å². The van der Waals surface area contributed by atoms with Gasteiger partial charge in [-0.2, -0.15) is 0 Å². The van der Waals surface area contributed by atoms with Crippen LogP contribution in [0.4, 0.5) is 0 Å². The first-order chi connectivity index (χ1) is 48.6. The zero-order valence-corrected chi connectivity index (χ0v) is 68.3. The number of unbranched alkanes of at least 4 members (excludes halogenated alkanes) is 44. The van der Waals surface area contributed by atoms with Gasteiger partial charge in [0.15, 0.2) is 12.2 Å². The van der Waals surface area contributed by atoms with Gasteiger partial charge in [-0.1, -0.05) is 370 Å². The Balaban J connectivity index is 5.18. The normalized spacial score (nSPS) is 14.3. The molecule has 17 nitrogen and oxygen atoms in total. The van der Waals surface area contributed by atoms with Crippen molar-refractivity contribution in [1.29, 1.82) is 0 Å². The van der Waals surface area contributed by atoms with E-state index in [1.807, 2.05) is 0 Å². The fourth-order valence-electron chi connectivity index (χ4n) is 12.6. The van der Waals surface area contributed by atoms with Gasteiger partial charge in [0.25, 0.3) is 0 Å². The van der Waals surface area contributed by atoms with Gasteiger partial charge >= 0.3 is 39.5 Å². The van der Waals surface area contributed by atoms with E-state index in [0.717, 1.165) is 114 Å². The molecule has 3 N–H and O–H groups in total. The predicted octanol–water partition coefficient (Wildman–Crippen LogP) is 24.4. The summed E-state index contributed by atoms with van der Waals surface area (Å²) in [5.41, 5.74) is 0. The Morgan fingerprint density at radius 3 is 0.703 bits per heavy atom. The number of rotatable bonds is 79. The highest BCUT2D eigenvalue weighted by atomic mass is 31.2. The number of phosphoric ester groups is 2. The number of hydrogen-bond donors (Lipinski definition) is 3. The lowest BCUT2D eigenvalue weighted by atomic mass is 9.99. The van der Waals surface area contributed by atoms with Crippen molar-refractivity contribution in [3.05, 3.63) is 0 Å². The first kappa shape index (κ1) is 99.1. The van der Waals surface area contributed by atoms with E-state index >= 15 is 0 Å². The van der Waals surface area contributed by atoms with Gasteiger partial charge in [-0.25, -0.2) is 9.13 Å². The fraction of sp³-hybridized carbons (Fsp3) is 0.951. The third-order valence-corrected chi connectivity index (χ3v) is 21.3. The molecule has 0 aromatic carbocycles. The SMILES string of the molecule is CCC(C)CCCCCCCCCCCCCCCCCCCCC(=O)OC[C@H](COP(=O)(O)OC[C@@H](O)COP(=O)(O)OC[C@@H](COC(=O)CCCCCCCCC(C)C)OC(=O)CCCCCCCCCCCCCCCC(C)C)OC(=O)CCCCCCCCCCCCCC(C)C. The Kier molecular flexibility index (Phi) is 69.6. The van der Waals surface area contributed by atoms with E-state index in [2.05, 4.69) is 55.4 Å². The second kappa shape index (κ2) is 71.0. The first-order valence-corrected chi connectivity index (χ1v) is 45.2. The van der Waals surface area contributed by atoms with E-state index in [4.69, 9.17) is 37.0 Å². The lowest BCUT2D eigenvalue weighted by Gasteiger charge is -2.21. The molecule has 6 atom stereocenters. The fourth-order valence-corrected chi connectivity index (χ4v) is 14.2. The maximum absolute atomic E-state index is 13.1. The zero-order chi connectivity index (χ0) is 74.6. The largest absolute Gasteiger partial charge is 0.472 e. The molecular weight excluding hydrogens is 1320 g/mol. The molecule has 0 amide bonds. The van der Waals surface area contributed by atoms with E-state index in [9.17, 15) is 43.2 Å². The van der Waals surface area contributed by atoms with Crippen molar-refractivity contribution in [2.75, 3.05) is 39.6 Å². The van der Waals surface area contributed by atoms with Crippen LogP contribution in [-0.2, 0) is 65.4 Å². The minimum Gasteiger partial charge on any atom is -0.462 e. The lowest BCUT2D eigenvalue weighted by molar-refractivity contribution is -0.161. The van der Waals surface area contributed by atoms with Gasteiger partial charge in [0, 0.05) is 25.7 Å². The van der Waals surface area contributed by atoms with Gasteiger partial charge in [0.05, 0.1) is 26.4 Å². The van der Waals surface area contributed by atoms with Crippen LogP contribution in [-0.4, -0.2) is 96.7 Å². The minimum atomic E-state index is -4.96. The van der Waals surface area contributed by atoms with Crippen molar-refractivity contribution < 1.29 is 80.2 Å². The van der Waals surface area contributed by atoms with Crippen molar-refractivity contribution in [2.45, 2.75) is 440 Å². The summed E-state index contributed by atoms with van der Waals surface area (Å²) in [6, 6.07) is 0. The molecule has 600 valence electrons. The molecule has 0 spiro atoms. The monoisotopic (exact) mass is 1480 g/mol. The molecule has 0 radical (unpaired) electrons. The molecule has 0 bridgehead atoms. The average Bonchev–Trinajstić information content (AvgIpc) is 0.921. The Bertz CT molecular complexity index is 1970. The number of esters is 4. The summed E-state index contributed by atoms with van der Waals surface area (Å²) in [4.78, 5) is 73.0. The number of ether oxygens (including phenoxy) is 4. The molecule has 0 saturated heterocycles. The number of hydrogen-bond acceptors (Lipinski definition) is 15. The standard InChI is InChI=1S/C82H160O17P2/c1-9-75(8)61-53-45-36-30-24-18-14-12-10-11-13-15-19-25-31-37-46-54-62-79(84)92-68-77(98-82(87)65-57-49-39-33-27-21-23-29-35-43-51-59-73(4)5)70-96-100(88,89)94-66-76(83)67-95-101(90,91)97-71-78(69-93-80(85)63-55-47-41-40-44-52-60-74(6)7)99-81(86)64-56-48-38-32-26-20-16-17-22-28-34-42-50-58-72(2)3/h72-78,83H,9-71H2,1-8H3,(H,88,89)(H,90,91)/t75?,76-,77-,78-/m1/s1. The number of carbonyl (C=O) groups is 4. The molecule has 0 rings (SSSR count). The van der Waals surface area contributed by atoms with E-state index in [0.29, 0.717) is 31.6 Å². The molecule has 0 fully saturated rings. The Labute approximate surface area is 619 Å². The minimum absolute atomic E-state index is 0.106. The Morgan fingerprint density at radius 1 is 0.277 bits per heavy atom. The smallest absolute Gasteiger partial charge is 0.462 e. The van der Waals surface area contributed by atoms with Crippen LogP contribution in [0.3, 0.4) is 0 Å². The van der Waals surface area contributed by atoms with Crippen molar-refractivity contribution in [2.24, 2.45) is 23.7 Å². The zero-order valence-electron chi connectivity index (χ0n) is 66.5. The highest BCUT2D eigenvalue weighted by Gasteiger charge is 2.30. The maximum Gasteiger partial charge on any atom is 0.472 e. The van der Waals surface area contributed by atoms with Crippen LogP contribution in [0.2, 0.25) is 0 Å². The summed E-state index contributed by atoms with van der Waals surface area (Å²) in [5, 5.41) is 10.6. The second-order valence-corrected chi connectivity index (χ2v) is 34.1. The summed E-state index contributed by atoms with van der Waals surface area (Å²) in [6.07, 6.45) is 58.5. The van der Waals surface area contributed by atoms with Gasteiger partial charge < -0.3 is 33.8 Å². The summed E-state index contributed by atoms with van der Waals surface area (Å²) >= 11 is 0. The number of carbonyl (C=O) groups excluding carboxylic acids is 4. The van der Waals surface area contributed by atoms with E-state index in [1.165, 1.54) is 218 Å². The second-order valence-electron chi connectivity index (χ2n) is 31.2. The van der Waals surface area contributed by atoms with E-state index < -0.39 is 97.5 Å². The summed E-state index contributed by atoms with van der Waals surface area (Å²) in [6.45, 7) is 14.2. The van der Waals surface area contributed by atoms with Crippen molar-refractivity contribution >= 4 is 39.5 Å². The van der Waals surface area contributed by atoms with Gasteiger partial charge in [0.1, 0.15) is 19.3 Å². The quantitative estimate of drug-likeness (QED) is 0.0222. The topological polar surface area (TPSA) is 237 Å². The molecule has 19 heteroatoms. The third-order valence-electron chi connectivity index (χ3n) is 19.4. The molecule has 0 saturated carbocycles. The first-order valence-electron chi connectivity index (χ1n) is 42.2. The summed E-state index contributed by atoms with van der Waals surface area (Å²) in [5.74, 6) is 0.989. The molecular formula is C82H160O17P2. The predicted molar refractivity (Wildman–Crippen MR) is 414 cm³/mol. The van der Waals surface area contributed by atoms with Crippen LogP contribution in [0.5, 0.6) is 0 Å². The maximum atomic E-state index is 13.1. The van der Waals surface area contributed by atoms with Gasteiger partial charge in [0.2, 0.25) is 0 Å². The van der Waals surface area contributed by atoms with E-state index in [-0.39, 0.29) is 25.7 Å². The van der Waals surface area contributed by atoms with Gasteiger partial charge in [-0.3, -0.25) is 37.3 Å². The molecule has 0 aromatic heterocycles. The van der Waals surface area contributed by atoms with Crippen LogP contribution in [0.25, 0.3) is 0 Å². The summed E-state index contributed by atoms with van der Waals surface area (Å²) < 4.78 is 68.7. The van der Waals surface area contributed by atoms with Crippen molar-refractivity contribution in [3.8, 4) is 0 Å². The molecule has 0 aliphatic heterocycles. The molecule has 0 aliphatic carbocycles. The third kappa shape index (κ3) is 74.7. The number of aliphatic hydroxyl groups excluding tert-OH is 1. The molecule has 0 heterocycles. The van der Waals surface area contributed by atoms with Crippen LogP contribution in [0, 0.1) is 23.7 Å². The van der Waals surface area contributed by atoms with Crippen LogP contribution < -0.4 is 0 Å². The van der Waals surface area contributed by atoms with Crippen molar-refractivity contribution in [1.82, 2.24) is 0 Å². The molecule has 3 unspecified atom stereocenters. The van der Waals surface area contributed by atoms with Crippen LogP contribution in [0.15, 0.2) is 0 Å². The number of phosphoric acid groups is 2. The highest BCUT2D eigenvalue weighted by Crippen LogP contribution is 2.45.